The van der Waals surface area contributed by atoms with Crippen molar-refractivity contribution in [3.63, 3.8) is 0 Å². The van der Waals surface area contributed by atoms with E-state index in [1.807, 2.05) is 0 Å². The fourth-order valence-electron chi connectivity index (χ4n) is 6.22. The Bertz CT molecular complexity index is 1490. The Morgan fingerprint density at radius 3 is 1.73 bits per heavy atom. The molecule has 1 aliphatic carbocycles. The SMILES string of the molecule is COc1ccc([C@@H]2[C@H]([N+](=O)[O-])[C@@H](c3ccc(OC)cc3)[C@H]([N+](=O)[O-])[C@@](O)(C(=O)OC(C)(C)C)[C@@H]2Cc2ccc(F)cc2)cc1. The van der Waals surface area contributed by atoms with Gasteiger partial charge in [0, 0.05) is 15.8 Å². The van der Waals surface area contributed by atoms with Gasteiger partial charge in [-0.1, -0.05) is 36.4 Å². The molecule has 12 heteroatoms. The highest BCUT2D eigenvalue weighted by Gasteiger charge is 2.72. The van der Waals surface area contributed by atoms with Crippen LogP contribution in [0.1, 0.15) is 49.3 Å². The van der Waals surface area contributed by atoms with Gasteiger partial charge < -0.3 is 19.3 Å². The van der Waals surface area contributed by atoms with Crippen LogP contribution in [0.2, 0.25) is 0 Å². The number of ether oxygens (including phenoxy) is 3. The van der Waals surface area contributed by atoms with Gasteiger partial charge in [-0.05, 0) is 80.3 Å². The molecule has 1 saturated carbocycles. The van der Waals surface area contributed by atoms with Crippen molar-refractivity contribution in [3.05, 3.63) is 116 Å². The molecule has 6 atom stereocenters. The van der Waals surface area contributed by atoms with E-state index in [0.29, 0.717) is 22.6 Å². The summed E-state index contributed by atoms with van der Waals surface area (Å²) in [7, 11) is 2.88. The van der Waals surface area contributed by atoms with Gasteiger partial charge in [-0.2, -0.15) is 0 Å². The van der Waals surface area contributed by atoms with Crippen LogP contribution in [0.25, 0.3) is 0 Å². The van der Waals surface area contributed by atoms with Crippen LogP contribution in [0, 0.1) is 32.0 Å². The second-order valence-electron chi connectivity index (χ2n) is 11.9. The summed E-state index contributed by atoms with van der Waals surface area (Å²) in [4.78, 5) is 38.7. The Labute approximate surface area is 253 Å². The second kappa shape index (κ2) is 12.6. The Kier molecular flexibility index (Phi) is 9.24. The maximum absolute atomic E-state index is 14.1. The average molecular weight is 611 g/mol. The molecule has 4 rings (SSSR count). The molecule has 0 radical (unpaired) electrons. The molecule has 0 aliphatic heterocycles. The molecule has 0 aromatic heterocycles. The van der Waals surface area contributed by atoms with Gasteiger partial charge in [0.2, 0.25) is 11.6 Å². The number of methoxy groups -OCH3 is 2. The number of halogens is 1. The summed E-state index contributed by atoms with van der Waals surface area (Å²) in [6.07, 6.45) is -0.239. The Hall–Kier alpha value is -4.58. The number of nitro groups is 2. The Morgan fingerprint density at radius 2 is 1.32 bits per heavy atom. The van der Waals surface area contributed by atoms with Crippen molar-refractivity contribution in [2.24, 2.45) is 5.92 Å². The van der Waals surface area contributed by atoms with Crippen LogP contribution in [0.3, 0.4) is 0 Å². The lowest BCUT2D eigenvalue weighted by atomic mass is 9.55. The van der Waals surface area contributed by atoms with Crippen LogP contribution in [-0.2, 0) is 16.0 Å². The molecule has 0 unspecified atom stereocenters. The lowest BCUT2D eigenvalue weighted by Gasteiger charge is -2.48. The zero-order valence-electron chi connectivity index (χ0n) is 25.0. The maximum Gasteiger partial charge on any atom is 0.346 e. The molecule has 44 heavy (non-hydrogen) atoms. The smallest absolute Gasteiger partial charge is 0.346 e. The predicted molar refractivity (Wildman–Crippen MR) is 157 cm³/mol. The zero-order chi connectivity index (χ0) is 32.4. The Balaban J connectivity index is 2.07. The van der Waals surface area contributed by atoms with E-state index in [1.165, 1.54) is 62.8 Å². The minimum atomic E-state index is -2.87. The van der Waals surface area contributed by atoms with Crippen LogP contribution in [0.4, 0.5) is 4.39 Å². The number of hydrogen-bond donors (Lipinski definition) is 1. The van der Waals surface area contributed by atoms with E-state index in [0.717, 1.165) is 0 Å². The highest BCUT2D eigenvalue weighted by atomic mass is 19.1. The highest BCUT2D eigenvalue weighted by molar-refractivity contribution is 5.82. The van der Waals surface area contributed by atoms with Crippen LogP contribution < -0.4 is 9.47 Å². The topological polar surface area (TPSA) is 151 Å². The number of benzene rings is 3. The van der Waals surface area contributed by atoms with Gasteiger partial charge in [-0.25, -0.2) is 9.18 Å². The van der Waals surface area contributed by atoms with Crippen molar-refractivity contribution >= 4 is 5.97 Å². The normalized spacial score (nSPS) is 25.1. The van der Waals surface area contributed by atoms with Gasteiger partial charge >= 0.3 is 5.97 Å². The summed E-state index contributed by atoms with van der Waals surface area (Å²) < 4.78 is 30.0. The first-order chi connectivity index (χ1) is 20.7. The first kappa shape index (κ1) is 32.3. The molecule has 3 aromatic rings. The molecule has 0 saturated heterocycles. The third-order valence-corrected chi connectivity index (χ3v) is 8.09. The first-order valence-corrected chi connectivity index (χ1v) is 14.0. The summed E-state index contributed by atoms with van der Waals surface area (Å²) in [5.41, 5.74) is -3.12. The van der Waals surface area contributed by atoms with E-state index in [-0.39, 0.29) is 12.0 Å². The van der Waals surface area contributed by atoms with Crippen molar-refractivity contribution in [2.45, 2.75) is 62.3 Å². The minimum Gasteiger partial charge on any atom is -0.497 e. The number of carbonyl (C=O) groups is 1. The van der Waals surface area contributed by atoms with Crippen LogP contribution in [0.15, 0.2) is 72.8 Å². The second-order valence-corrected chi connectivity index (χ2v) is 11.9. The summed E-state index contributed by atoms with van der Waals surface area (Å²) in [5.74, 6) is -5.24. The number of carbonyl (C=O) groups excluding carboxylic acids is 1. The van der Waals surface area contributed by atoms with Gasteiger partial charge in [-0.15, -0.1) is 0 Å². The molecule has 1 N–H and O–H groups in total. The molecular weight excluding hydrogens is 575 g/mol. The fourth-order valence-corrected chi connectivity index (χ4v) is 6.22. The van der Waals surface area contributed by atoms with Gasteiger partial charge in [-0.3, -0.25) is 20.2 Å². The van der Waals surface area contributed by atoms with Crippen molar-refractivity contribution in [2.75, 3.05) is 14.2 Å². The molecule has 0 spiro atoms. The number of rotatable bonds is 9. The molecule has 0 amide bonds. The van der Waals surface area contributed by atoms with Gasteiger partial charge in [0.15, 0.2) is 0 Å². The van der Waals surface area contributed by atoms with Gasteiger partial charge in [0.1, 0.15) is 28.8 Å². The van der Waals surface area contributed by atoms with Crippen molar-refractivity contribution in [1.29, 1.82) is 0 Å². The summed E-state index contributed by atoms with van der Waals surface area (Å²) in [6.45, 7) is 4.65. The monoisotopic (exact) mass is 610 g/mol. The van der Waals surface area contributed by atoms with E-state index in [2.05, 4.69) is 0 Å². The quantitative estimate of drug-likeness (QED) is 0.202. The number of nitrogens with zero attached hydrogens (tertiary/aromatic N) is 2. The van der Waals surface area contributed by atoms with E-state index in [9.17, 15) is 34.5 Å². The summed E-state index contributed by atoms with van der Waals surface area (Å²) in [5, 5.41) is 38.7. The molecule has 1 aliphatic rings. The molecule has 0 bridgehead atoms. The molecular formula is C32H35FN2O9. The predicted octanol–water partition coefficient (Wildman–Crippen LogP) is 4.95. The highest BCUT2D eigenvalue weighted by Crippen LogP contribution is 2.54. The molecule has 11 nitrogen and oxygen atoms in total. The third kappa shape index (κ3) is 6.35. The standard InChI is InChI=1S/C32H35FN2O9/c1-31(2,3)44-30(36)32(37)25(18-19-6-12-22(33)13-7-19)26(20-8-14-23(42-4)15-9-20)28(34(38)39)27(29(32)35(40)41)21-10-16-24(43-5)17-11-21/h6-17,25-29,37H,18H2,1-5H3/t25-,26+,27-,28+,29+,32-/m1/s1. The lowest BCUT2D eigenvalue weighted by Crippen LogP contribution is -2.70. The van der Waals surface area contributed by atoms with E-state index >= 15 is 0 Å². The van der Waals surface area contributed by atoms with E-state index in [4.69, 9.17) is 14.2 Å². The van der Waals surface area contributed by atoms with Crippen LogP contribution in [0.5, 0.6) is 11.5 Å². The number of aliphatic hydroxyl groups is 1. The fraction of sp³-hybridized carbons (Fsp3) is 0.406. The van der Waals surface area contributed by atoms with Crippen molar-refractivity contribution < 1.29 is 38.3 Å². The average Bonchev–Trinajstić information content (AvgIpc) is 2.97. The maximum atomic E-state index is 14.1. The van der Waals surface area contributed by atoms with Crippen molar-refractivity contribution in [1.82, 2.24) is 0 Å². The molecule has 0 heterocycles. The van der Waals surface area contributed by atoms with Gasteiger partial charge in [0.05, 0.1) is 20.1 Å². The van der Waals surface area contributed by atoms with E-state index in [1.54, 1.807) is 45.0 Å². The third-order valence-electron chi connectivity index (χ3n) is 8.09. The largest absolute Gasteiger partial charge is 0.497 e. The van der Waals surface area contributed by atoms with Crippen LogP contribution in [-0.4, -0.2) is 58.4 Å². The molecule has 1 fully saturated rings. The summed E-state index contributed by atoms with van der Waals surface area (Å²) in [6, 6.07) is 13.5. The number of esters is 1. The van der Waals surface area contributed by atoms with Gasteiger partial charge in [0.25, 0.3) is 6.04 Å². The van der Waals surface area contributed by atoms with Crippen molar-refractivity contribution in [3.8, 4) is 11.5 Å². The van der Waals surface area contributed by atoms with E-state index < -0.39 is 62.7 Å². The first-order valence-electron chi connectivity index (χ1n) is 14.0. The zero-order valence-corrected chi connectivity index (χ0v) is 25.0. The summed E-state index contributed by atoms with van der Waals surface area (Å²) >= 11 is 0. The van der Waals surface area contributed by atoms with Crippen LogP contribution >= 0.6 is 0 Å². The Morgan fingerprint density at radius 1 is 0.841 bits per heavy atom. The lowest BCUT2D eigenvalue weighted by molar-refractivity contribution is -0.594. The molecule has 3 aromatic carbocycles. The minimum absolute atomic E-state index is 0.162. The number of hydrogen-bond acceptors (Lipinski definition) is 9. The molecule has 234 valence electrons.